The first-order valence-electron chi connectivity index (χ1n) is 4.76. The summed E-state index contributed by atoms with van der Waals surface area (Å²) in [5.41, 5.74) is 13.0. The normalized spacial score (nSPS) is 11.8. The van der Waals surface area contributed by atoms with E-state index in [2.05, 4.69) is 19.9 Å². The number of anilines is 1. The van der Waals surface area contributed by atoms with E-state index in [1.54, 1.807) is 12.1 Å². The highest BCUT2D eigenvalue weighted by Gasteiger charge is 2.10. The van der Waals surface area contributed by atoms with Gasteiger partial charge in [0.15, 0.2) is 17.3 Å². The number of nitrogens with zero attached hydrogens (tertiary/aromatic N) is 3. The van der Waals surface area contributed by atoms with E-state index in [0.29, 0.717) is 10.7 Å². The topological polar surface area (TPSA) is 103 Å². The molecule has 88 valence electrons. The fourth-order valence-electron chi connectivity index (χ4n) is 1.22. The first-order chi connectivity index (χ1) is 8.08. The van der Waals surface area contributed by atoms with Crippen molar-refractivity contribution in [3.63, 3.8) is 0 Å². The van der Waals surface area contributed by atoms with E-state index in [1.807, 2.05) is 13.0 Å². The summed E-state index contributed by atoms with van der Waals surface area (Å²) in [6.45, 7) is 1.90. The van der Waals surface area contributed by atoms with Crippen LogP contribution in [-0.2, 0) is 0 Å². The molecule has 0 radical (unpaired) electrons. The minimum absolute atomic E-state index is 0.101. The van der Waals surface area contributed by atoms with Crippen LogP contribution in [0.15, 0.2) is 27.8 Å². The molecule has 1 aromatic carbocycles. The van der Waals surface area contributed by atoms with Gasteiger partial charge in [0.05, 0.1) is 5.69 Å². The maximum atomic E-state index is 5.97. The number of benzene rings is 1. The van der Waals surface area contributed by atoms with Crippen LogP contribution in [0, 0.1) is 6.92 Å². The molecular formula is C10H10ClN5O. The van der Waals surface area contributed by atoms with Crippen LogP contribution in [0.1, 0.15) is 11.3 Å². The van der Waals surface area contributed by atoms with Crippen LogP contribution in [-0.4, -0.2) is 16.1 Å². The molecule has 17 heavy (non-hydrogen) atoms. The van der Waals surface area contributed by atoms with Crippen LogP contribution in [0.2, 0.25) is 5.02 Å². The molecule has 2 rings (SSSR count). The lowest BCUT2D eigenvalue weighted by Crippen LogP contribution is -2.15. The summed E-state index contributed by atoms with van der Waals surface area (Å²) in [7, 11) is 0. The van der Waals surface area contributed by atoms with E-state index in [9.17, 15) is 0 Å². The molecule has 0 saturated carbocycles. The molecule has 1 aromatic heterocycles. The first-order valence-corrected chi connectivity index (χ1v) is 5.14. The third kappa shape index (κ3) is 2.36. The summed E-state index contributed by atoms with van der Waals surface area (Å²) >= 11 is 5.97. The Balaban J connectivity index is 2.36. The second kappa shape index (κ2) is 4.42. The maximum Gasteiger partial charge on any atom is 0.199 e. The van der Waals surface area contributed by atoms with Crippen LogP contribution >= 0.6 is 11.6 Å². The van der Waals surface area contributed by atoms with Gasteiger partial charge >= 0.3 is 0 Å². The molecule has 0 bridgehead atoms. The molecule has 0 spiro atoms. The minimum Gasteiger partial charge on any atom is -0.382 e. The fraction of sp³-hybridized carbons (Fsp3) is 0.100. The Morgan fingerprint density at radius 3 is 2.76 bits per heavy atom. The highest BCUT2D eigenvalue weighted by atomic mass is 35.5. The first kappa shape index (κ1) is 11.4. The Kier molecular flexibility index (Phi) is 2.97. The van der Waals surface area contributed by atoms with Crippen LogP contribution in [0.4, 0.5) is 11.5 Å². The molecule has 4 N–H and O–H groups in total. The number of nitrogen functional groups attached to an aromatic ring is 1. The number of aliphatic imine (C=N–C) groups is 1. The molecule has 0 aliphatic rings. The molecule has 7 heteroatoms. The van der Waals surface area contributed by atoms with Crippen molar-refractivity contribution in [2.24, 2.45) is 10.7 Å². The van der Waals surface area contributed by atoms with Gasteiger partial charge in [0, 0.05) is 5.02 Å². The lowest BCUT2D eigenvalue weighted by atomic mass is 10.2. The van der Waals surface area contributed by atoms with Gasteiger partial charge < -0.3 is 11.5 Å². The number of halogens is 1. The van der Waals surface area contributed by atoms with Crippen molar-refractivity contribution in [3.8, 4) is 0 Å². The number of amidine groups is 1. The van der Waals surface area contributed by atoms with E-state index in [0.717, 1.165) is 5.56 Å². The van der Waals surface area contributed by atoms with Gasteiger partial charge in [-0.1, -0.05) is 17.7 Å². The fourth-order valence-corrected chi connectivity index (χ4v) is 1.39. The van der Waals surface area contributed by atoms with E-state index in [-0.39, 0.29) is 17.3 Å². The number of aromatic nitrogens is 2. The highest BCUT2D eigenvalue weighted by molar-refractivity contribution is 6.31. The zero-order chi connectivity index (χ0) is 12.4. The van der Waals surface area contributed by atoms with Crippen molar-refractivity contribution in [2.75, 3.05) is 5.73 Å². The Hall–Kier alpha value is -2.08. The van der Waals surface area contributed by atoms with Crippen molar-refractivity contribution < 1.29 is 4.63 Å². The second-order valence-corrected chi connectivity index (χ2v) is 3.84. The Labute approximate surface area is 102 Å². The number of rotatable bonds is 2. The van der Waals surface area contributed by atoms with Crippen molar-refractivity contribution in [2.45, 2.75) is 6.92 Å². The summed E-state index contributed by atoms with van der Waals surface area (Å²) in [5, 5.41) is 7.58. The van der Waals surface area contributed by atoms with Gasteiger partial charge in [-0.25, -0.2) is 9.62 Å². The molecule has 0 aliphatic carbocycles. The van der Waals surface area contributed by atoms with Gasteiger partial charge in [-0.05, 0) is 34.9 Å². The molecule has 0 amide bonds. The summed E-state index contributed by atoms with van der Waals surface area (Å²) in [4.78, 5) is 4.13. The van der Waals surface area contributed by atoms with Gasteiger partial charge in [-0.15, -0.1) is 0 Å². The average Bonchev–Trinajstić information content (AvgIpc) is 2.70. The summed E-state index contributed by atoms with van der Waals surface area (Å²) in [5.74, 6) is 0.230. The monoisotopic (exact) mass is 251 g/mol. The predicted octanol–water partition coefficient (Wildman–Crippen LogP) is 1.65. The summed E-state index contributed by atoms with van der Waals surface area (Å²) in [6.07, 6.45) is 0. The largest absolute Gasteiger partial charge is 0.382 e. The molecule has 0 saturated heterocycles. The van der Waals surface area contributed by atoms with Crippen LogP contribution < -0.4 is 11.5 Å². The lowest BCUT2D eigenvalue weighted by molar-refractivity contribution is 0.308. The quantitative estimate of drug-likeness (QED) is 0.624. The zero-order valence-electron chi connectivity index (χ0n) is 9.01. The summed E-state index contributed by atoms with van der Waals surface area (Å²) in [6, 6.07) is 5.34. The number of nitrogens with two attached hydrogens (primary N) is 2. The average molecular weight is 252 g/mol. The van der Waals surface area contributed by atoms with E-state index >= 15 is 0 Å². The Morgan fingerprint density at radius 1 is 1.41 bits per heavy atom. The lowest BCUT2D eigenvalue weighted by Gasteiger charge is -2.00. The summed E-state index contributed by atoms with van der Waals surface area (Å²) < 4.78 is 4.44. The van der Waals surface area contributed by atoms with Crippen molar-refractivity contribution in [1.29, 1.82) is 0 Å². The van der Waals surface area contributed by atoms with Gasteiger partial charge in [0.1, 0.15) is 0 Å². The third-order valence-electron chi connectivity index (χ3n) is 2.16. The molecule has 0 unspecified atom stereocenters. The minimum atomic E-state index is 0.101. The molecule has 0 aliphatic heterocycles. The van der Waals surface area contributed by atoms with Crippen LogP contribution in [0.25, 0.3) is 0 Å². The maximum absolute atomic E-state index is 5.97. The molecule has 2 aromatic rings. The Morgan fingerprint density at radius 2 is 2.18 bits per heavy atom. The van der Waals surface area contributed by atoms with Gasteiger partial charge in [0.25, 0.3) is 0 Å². The smallest absolute Gasteiger partial charge is 0.199 e. The van der Waals surface area contributed by atoms with E-state index in [1.165, 1.54) is 0 Å². The molecule has 6 nitrogen and oxygen atoms in total. The Bertz CT molecular complexity index is 578. The standard InChI is InChI=1S/C10H10ClN5O/c1-5-2-3-6(4-7(5)11)14-9(12)8-10(13)16-17-15-8/h2-4H,1H3,(H2,12,14)(H2,13,16). The number of hydrogen-bond acceptors (Lipinski definition) is 5. The number of hydrogen-bond donors (Lipinski definition) is 2. The SMILES string of the molecule is Cc1ccc(N=C(N)c2nonc2N)cc1Cl. The molecule has 1 heterocycles. The number of aryl methyl sites for hydroxylation is 1. The van der Waals surface area contributed by atoms with Crippen molar-refractivity contribution in [3.05, 3.63) is 34.5 Å². The predicted molar refractivity (Wildman–Crippen MR) is 65.3 cm³/mol. The van der Waals surface area contributed by atoms with Gasteiger partial charge in [-0.3, -0.25) is 0 Å². The zero-order valence-corrected chi connectivity index (χ0v) is 9.77. The van der Waals surface area contributed by atoms with E-state index < -0.39 is 0 Å². The van der Waals surface area contributed by atoms with Gasteiger partial charge in [-0.2, -0.15) is 0 Å². The van der Waals surface area contributed by atoms with Crippen LogP contribution in [0.5, 0.6) is 0 Å². The van der Waals surface area contributed by atoms with Crippen molar-refractivity contribution in [1.82, 2.24) is 10.3 Å². The van der Waals surface area contributed by atoms with Crippen LogP contribution in [0.3, 0.4) is 0 Å². The third-order valence-corrected chi connectivity index (χ3v) is 2.57. The second-order valence-electron chi connectivity index (χ2n) is 3.43. The molecular weight excluding hydrogens is 242 g/mol. The molecule has 0 atom stereocenters. The van der Waals surface area contributed by atoms with Gasteiger partial charge in [0.2, 0.25) is 0 Å². The van der Waals surface area contributed by atoms with Crippen molar-refractivity contribution >= 4 is 28.9 Å². The van der Waals surface area contributed by atoms with E-state index in [4.69, 9.17) is 23.1 Å². The highest BCUT2D eigenvalue weighted by Crippen LogP contribution is 2.22. The molecule has 0 fully saturated rings.